The minimum atomic E-state index is 0.0174. The number of amides is 2. The van der Waals surface area contributed by atoms with Crippen molar-refractivity contribution in [1.82, 2.24) is 14.4 Å². The number of thiophene rings is 1. The second-order valence-corrected chi connectivity index (χ2v) is 13.3. The molecule has 0 radical (unpaired) electrons. The summed E-state index contributed by atoms with van der Waals surface area (Å²) in [7, 11) is 1.68. The molecule has 2 aromatic heterocycles. The van der Waals surface area contributed by atoms with E-state index in [1.807, 2.05) is 36.0 Å². The summed E-state index contributed by atoms with van der Waals surface area (Å²) in [6.45, 7) is 6.91. The van der Waals surface area contributed by atoms with Gasteiger partial charge in [-0.3, -0.25) is 9.59 Å². The Bertz CT molecular complexity index is 1390. The zero-order valence-corrected chi connectivity index (χ0v) is 25.2. The maximum absolute atomic E-state index is 14.2. The molecule has 0 N–H and O–H groups in total. The van der Waals surface area contributed by atoms with Crippen LogP contribution in [0.1, 0.15) is 47.2 Å². The molecule has 3 aliphatic heterocycles. The highest BCUT2D eigenvalue weighted by Crippen LogP contribution is 2.45. The normalized spacial score (nSPS) is 21.7. The highest BCUT2D eigenvalue weighted by atomic mass is 32.2. The van der Waals surface area contributed by atoms with Crippen molar-refractivity contribution >= 4 is 34.9 Å². The van der Waals surface area contributed by atoms with E-state index < -0.39 is 0 Å². The summed E-state index contributed by atoms with van der Waals surface area (Å²) in [6.07, 6.45) is 3.85. The molecule has 0 saturated carbocycles. The van der Waals surface area contributed by atoms with Crippen molar-refractivity contribution in [2.45, 2.75) is 38.8 Å². The van der Waals surface area contributed by atoms with Gasteiger partial charge in [-0.15, -0.1) is 11.3 Å². The van der Waals surface area contributed by atoms with Crippen LogP contribution >= 0.6 is 23.1 Å². The molecule has 3 aromatic rings. The molecule has 40 heavy (non-hydrogen) atoms. The van der Waals surface area contributed by atoms with Crippen molar-refractivity contribution in [2.75, 3.05) is 45.3 Å². The van der Waals surface area contributed by atoms with Gasteiger partial charge in [0.1, 0.15) is 5.69 Å². The van der Waals surface area contributed by atoms with Crippen LogP contribution in [-0.4, -0.2) is 77.6 Å². The number of fused-ring (bicyclic) bond motifs is 5. The van der Waals surface area contributed by atoms with E-state index in [1.165, 1.54) is 10.4 Å². The standard InChI is InChI=1S/C31H37N3O4S2/c1-19(2)38-28-13-23-22(12-27(28)37-3)11-26(29-6-5-9-40-29)34-24(23)7-8-25(34)31(36)33-16-20-10-21(17-33)15-32(14-20)30(35)18-39-4/h5-9,12-13,19-21,26H,10-11,14-18H2,1-4H3. The highest BCUT2D eigenvalue weighted by Gasteiger charge is 2.39. The van der Waals surface area contributed by atoms with Gasteiger partial charge in [0.05, 0.1) is 25.0 Å². The van der Waals surface area contributed by atoms with Gasteiger partial charge in [-0.25, -0.2) is 0 Å². The first-order valence-corrected chi connectivity index (χ1v) is 16.3. The minimum Gasteiger partial charge on any atom is -0.493 e. The maximum atomic E-state index is 14.2. The molecule has 3 aliphatic rings. The first kappa shape index (κ1) is 27.3. The molecule has 9 heteroatoms. The molecular weight excluding hydrogens is 542 g/mol. The summed E-state index contributed by atoms with van der Waals surface area (Å²) in [6, 6.07) is 12.5. The second kappa shape index (κ2) is 11.2. The lowest BCUT2D eigenvalue weighted by Crippen LogP contribution is -2.55. The number of benzene rings is 1. The van der Waals surface area contributed by atoms with E-state index in [0.717, 1.165) is 54.4 Å². The Morgan fingerprint density at radius 1 is 1.05 bits per heavy atom. The third-order valence-corrected chi connectivity index (χ3v) is 9.76. The van der Waals surface area contributed by atoms with E-state index in [-0.39, 0.29) is 24.0 Å². The predicted molar refractivity (Wildman–Crippen MR) is 161 cm³/mol. The fraction of sp³-hybridized carbons (Fsp3) is 0.484. The fourth-order valence-corrected chi connectivity index (χ4v) is 7.97. The fourth-order valence-electron chi connectivity index (χ4n) is 6.73. The van der Waals surface area contributed by atoms with Crippen molar-refractivity contribution < 1.29 is 19.1 Å². The number of ether oxygens (including phenoxy) is 2. The molecule has 1 aromatic carbocycles. The zero-order chi connectivity index (χ0) is 28.0. The van der Waals surface area contributed by atoms with E-state index in [4.69, 9.17) is 9.47 Å². The van der Waals surface area contributed by atoms with Crippen LogP contribution in [0.4, 0.5) is 0 Å². The number of nitrogens with zero attached hydrogens (tertiary/aromatic N) is 3. The zero-order valence-electron chi connectivity index (χ0n) is 23.6. The maximum Gasteiger partial charge on any atom is 0.270 e. The van der Waals surface area contributed by atoms with E-state index in [2.05, 4.69) is 40.3 Å². The molecular formula is C31H37N3O4S2. The van der Waals surface area contributed by atoms with Gasteiger partial charge in [0.15, 0.2) is 11.5 Å². The molecule has 7 nitrogen and oxygen atoms in total. The quantitative estimate of drug-likeness (QED) is 0.373. The van der Waals surface area contributed by atoms with Gasteiger partial charge in [-0.05, 0) is 86.1 Å². The molecule has 5 heterocycles. The van der Waals surface area contributed by atoms with Gasteiger partial charge < -0.3 is 23.8 Å². The molecule has 2 saturated heterocycles. The average Bonchev–Trinajstić information content (AvgIpc) is 3.62. The molecule has 6 rings (SSSR count). The summed E-state index contributed by atoms with van der Waals surface area (Å²) < 4.78 is 14.1. The van der Waals surface area contributed by atoms with Crippen molar-refractivity contribution in [3.8, 4) is 22.8 Å². The highest BCUT2D eigenvalue weighted by molar-refractivity contribution is 7.99. The molecule has 3 atom stereocenters. The largest absolute Gasteiger partial charge is 0.493 e. The Morgan fingerprint density at radius 3 is 2.45 bits per heavy atom. The number of aromatic nitrogens is 1. The first-order valence-electron chi connectivity index (χ1n) is 14.0. The van der Waals surface area contributed by atoms with Gasteiger partial charge in [-0.2, -0.15) is 11.8 Å². The Hall–Kier alpha value is -2.91. The van der Waals surface area contributed by atoms with Gasteiger partial charge in [0, 0.05) is 42.3 Å². The van der Waals surface area contributed by atoms with E-state index >= 15 is 0 Å². The number of rotatable bonds is 7. The topological polar surface area (TPSA) is 64.0 Å². The summed E-state index contributed by atoms with van der Waals surface area (Å²) >= 11 is 3.30. The number of carbonyl (C=O) groups excluding carboxylic acids is 2. The van der Waals surface area contributed by atoms with Crippen LogP contribution in [-0.2, 0) is 11.2 Å². The lowest BCUT2D eigenvalue weighted by molar-refractivity contribution is -0.132. The third kappa shape index (κ3) is 5.02. The Balaban J connectivity index is 1.34. The molecule has 0 spiro atoms. The van der Waals surface area contributed by atoms with Crippen molar-refractivity contribution in [1.29, 1.82) is 0 Å². The van der Waals surface area contributed by atoms with Crippen molar-refractivity contribution in [2.24, 2.45) is 11.8 Å². The summed E-state index contributed by atoms with van der Waals surface area (Å²) in [5, 5.41) is 2.10. The summed E-state index contributed by atoms with van der Waals surface area (Å²) in [4.78, 5) is 32.1. The third-order valence-electron chi connectivity index (χ3n) is 8.25. The molecule has 212 valence electrons. The Labute approximate surface area is 244 Å². The molecule has 0 aliphatic carbocycles. The predicted octanol–water partition coefficient (Wildman–Crippen LogP) is 5.44. The Morgan fingerprint density at radius 2 is 1.80 bits per heavy atom. The van der Waals surface area contributed by atoms with Crippen LogP contribution in [0.2, 0.25) is 0 Å². The van der Waals surface area contributed by atoms with Crippen LogP contribution in [0.3, 0.4) is 0 Å². The molecule has 2 amide bonds. The van der Waals surface area contributed by atoms with E-state index in [1.54, 1.807) is 30.2 Å². The number of methoxy groups -OCH3 is 1. The van der Waals surface area contributed by atoms with Crippen LogP contribution < -0.4 is 9.47 Å². The molecule has 3 unspecified atom stereocenters. The number of piperidine rings is 2. The van der Waals surface area contributed by atoms with Crippen LogP contribution in [0, 0.1) is 11.8 Å². The van der Waals surface area contributed by atoms with Gasteiger partial charge in [-0.1, -0.05) is 6.07 Å². The number of carbonyl (C=O) groups is 2. The molecule has 2 fully saturated rings. The molecule has 2 bridgehead atoms. The van der Waals surface area contributed by atoms with Crippen LogP contribution in [0.15, 0.2) is 41.8 Å². The van der Waals surface area contributed by atoms with Crippen LogP contribution in [0.5, 0.6) is 11.5 Å². The van der Waals surface area contributed by atoms with Crippen molar-refractivity contribution in [3.05, 3.63) is 57.9 Å². The summed E-state index contributed by atoms with van der Waals surface area (Å²) in [5.74, 6) is 2.94. The smallest absolute Gasteiger partial charge is 0.270 e. The number of thioether (sulfide) groups is 1. The minimum absolute atomic E-state index is 0.0174. The van der Waals surface area contributed by atoms with Crippen LogP contribution in [0.25, 0.3) is 11.3 Å². The number of hydrogen-bond donors (Lipinski definition) is 0. The SMILES string of the molecule is COc1cc2c(cc1OC(C)C)-c1ccc(C(=O)N3CC4CC(CN(C(=O)CSC)C4)C3)n1C(c1cccs1)C2. The number of hydrogen-bond acceptors (Lipinski definition) is 6. The average molecular weight is 580 g/mol. The van der Waals surface area contributed by atoms with E-state index in [0.29, 0.717) is 30.7 Å². The Kier molecular flexibility index (Phi) is 7.61. The monoisotopic (exact) mass is 579 g/mol. The first-order chi connectivity index (χ1) is 19.4. The lowest BCUT2D eigenvalue weighted by Gasteiger charge is -2.46. The van der Waals surface area contributed by atoms with Crippen molar-refractivity contribution in [3.63, 3.8) is 0 Å². The van der Waals surface area contributed by atoms with Gasteiger partial charge in [0.2, 0.25) is 5.91 Å². The van der Waals surface area contributed by atoms with Gasteiger partial charge in [0.25, 0.3) is 5.91 Å². The second-order valence-electron chi connectivity index (χ2n) is 11.4. The number of likely N-dealkylation sites (tertiary alicyclic amines) is 2. The summed E-state index contributed by atoms with van der Waals surface area (Å²) in [5.41, 5.74) is 4.04. The van der Waals surface area contributed by atoms with Gasteiger partial charge >= 0.3 is 0 Å². The lowest BCUT2D eigenvalue weighted by atomic mass is 9.84. The van der Waals surface area contributed by atoms with E-state index in [9.17, 15) is 9.59 Å².